The number of hydrogen-bond acceptors (Lipinski definition) is 2. The molecule has 0 radical (unpaired) electrons. The number of amides is 2. The van der Waals surface area contributed by atoms with E-state index in [-0.39, 0.29) is 6.03 Å². The van der Waals surface area contributed by atoms with Gasteiger partial charge < -0.3 is 10.2 Å². The number of anilines is 1. The maximum atomic E-state index is 12.7. The molecule has 114 valence electrons. The molecule has 4 heteroatoms. The molecule has 1 aromatic rings. The Morgan fingerprint density at radius 3 is 2.76 bits per heavy atom. The van der Waals surface area contributed by atoms with Crippen LogP contribution in [0.25, 0.3) is 0 Å². The number of urea groups is 1. The van der Waals surface area contributed by atoms with E-state index in [0.717, 1.165) is 57.5 Å². The van der Waals surface area contributed by atoms with Crippen molar-refractivity contribution < 1.29 is 4.79 Å². The Hall–Kier alpha value is -1.55. The van der Waals surface area contributed by atoms with Crippen LogP contribution in [0.15, 0.2) is 24.3 Å². The van der Waals surface area contributed by atoms with E-state index in [1.165, 1.54) is 5.56 Å². The van der Waals surface area contributed by atoms with Gasteiger partial charge in [0.25, 0.3) is 0 Å². The lowest BCUT2D eigenvalue weighted by Crippen LogP contribution is -2.46. The molecule has 0 aliphatic carbocycles. The number of hydrogen-bond donors (Lipinski definition) is 1. The molecule has 0 aromatic heterocycles. The Labute approximate surface area is 127 Å². The molecule has 2 aliphatic rings. The summed E-state index contributed by atoms with van der Waals surface area (Å²) in [5.41, 5.74) is 2.36. The second kappa shape index (κ2) is 6.48. The van der Waals surface area contributed by atoms with Crippen molar-refractivity contribution in [2.24, 2.45) is 0 Å². The summed E-state index contributed by atoms with van der Waals surface area (Å²) < 4.78 is 0. The summed E-state index contributed by atoms with van der Waals surface area (Å²) in [5, 5.41) is 3.60. The first-order valence-electron chi connectivity index (χ1n) is 8.20. The summed E-state index contributed by atoms with van der Waals surface area (Å²) in [7, 11) is 0. The number of nitrogens with zero attached hydrogens (tertiary/aromatic N) is 2. The van der Waals surface area contributed by atoms with Crippen LogP contribution in [-0.4, -0.2) is 37.1 Å². The van der Waals surface area contributed by atoms with Crippen molar-refractivity contribution in [1.82, 2.24) is 10.2 Å². The van der Waals surface area contributed by atoms with Crippen LogP contribution in [0.3, 0.4) is 0 Å². The topological polar surface area (TPSA) is 35.6 Å². The molecule has 1 aromatic carbocycles. The lowest BCUT2D eigenvalue weighted by molar-refractivity contribution is 0.214. The van der Waals surface area contributed by atoms with Crippen LogP contribution in [0.1, 0.15) is 44.2 Å². The lowest BCUT2D eigenvalue weighted by Gasteiger charge is -2.36. The van der Waals surface area contributed by atoms with Gasteiger partial charge in [-0.05, 0) is 43.9 Å². The van der Waals surface area contributed by atoms with E-state index in [0.29, 0.717) is 6.04 Å². The number of carbonyl (C=O) groups excluding carboxylic acids is 1. The number of carbonyl (C=O) groups is 1. The minimum atomic E-state index is 0.189. The SMILES string of the molecule is CCCNC1CCN(C(=O)N2CCCC2)c2ccccc21. The average molecular weight is 287 g/mol. The van der Waals surface area contributed by atoms with Crippen LogP contribution in [0.4, 0.5) is 10.5 Å². The van der Waals surface area contributed by atoms with Gasteiger partial charge in [-0.1, -0.05) is 25.1 Å². The molecule has 1 saturated heterocycles. The number of fused-ring (bicyclic) bond motifs is 1. The van der Waals surface area contributed by atoms with Gasteiger partial charge in [0.05, 0.1) is 5.69 Å². The van der Waals surface area contributed by atoms with Gasteiger partial charge in [0.2, 0.25) is 0 Å². The second-order valence-corrected chi connectivity index (χ2v) is 5.98. The third-order valence-electron chi connectivity index (χ3n) is 4.49. The van der Waals surface area contributed by atoms with E-state index in [4.69, 9.17) is 0 Å². The zero-order chi connectivity index (χ0) is 14.7. The molecule has 3 rings (SSSR count). The van der Waals surface area contributed by atoms with Gasteiger partial charge in [0.1, 0.15) is 0 Å². The Bertz CT molecular complexity index is 497. The predicted octanol–water partition coefficient (Wildman–Crippen LogP) is 3.15. The summed E-state index contributed by atoms with van der Waals surface area (Å²) in [6, 6.07) is 8.92. The van der Waals surface area contributed by atoms with Gasteiger partial charge in [-0.2, -0.15) is 0 Å². The van der Waals surface area contributed by atoms with Crippen LogP contribution >= 0.6 is 0 Å². The fourth-order valence-corrected chi connectivity index (χ4v) is 3.37. The molecule has 1 N–H and O–H groups in total. The molecular formula is C17H25N3O. The number of para-hydroxylation sites is 1. The van der Waals surface area contributed by atoms with Crippen molar-refractivity contribution >= 4 is 11.7 Å². The number of likely N-dealkylation sites (tertiary alicyclic amines) is 1. The van der Waals surface area contributed by atoms with Gasteiger partial charge in [-0.25, -0.2) is 4.79 Å². The predicted molar refractivity (Wildman–Crippen MR) is 85.6 cm³/mol. The van der Waals surface area contributed by atoms with Gasteiger partial charge in [0, 0.05) is 25.7 Å². The Morgan fingerprint density at radius 1 is 1.24 bits per heavy atom. The van der Waals surface area contributed by atoms with Crippen molar-refractivity contribution in [3.63, 3.8) is 0 Å². The van der Waals surface area contributed by atoms with Gasteiger partial charge in [-0.3, -0.25) is 4.90 Å². The smallest absolute Gasteiger partial charge is 0.324 e. The first kappa shape index (κ1) is 14.4. The Balaban J connectivity index is 1.82. The van der Waals surface area contributed by atoms with E-state index in [1.807, 2.05) is 15.9 Å². The van der Waals surface area contributed by atoms with E-state index < -0.39 is 0 Å². The highest BCUT2D eigenvalue weighted by Gasteiger charge is 2.31. The molecular weight excluding hydrogens is 262 g/mol. The lowest BCUT2D eigenvalue weighted by atomic mass is 9.96. The van der Waals surface area contributed by atoms with Crippen LogP contribution in [0.2, 0.25) is 0 Å². The number of rotatable bonds is 3. The Morgan fingerprint density at radius 2 is 2.00 bits per heavy atom. The first-order valence-corrected chi connectivity index (χ1v) is 8.20. The van der Waals surface area contributed by atoms with Crippen molar-refractivity contribution in [3.05, 3.63) is 29.8 Å². The zero-order valence-electron chi connectivity index (χ0n) is 12.8. The van der Waals surface area contributed by atoms with Crippen molar-refractivity contribution in [1.29, 1.82) is 0 Å². The molecule has 1 fully saturated rings. The minimum Gasteiger partial charge on any atom is -0.324 e. The molecule has 2 amide bonds. The fourth-order valence-electron chi connectivity index (χ4n) is 3.37. The number of nitrogens with one attached hydrogen (secondary N) is 1. The standard InChI is InChI=1S/C17H25N3O/c1-2-10-18-15-9-13-20(16-8-4-3-7-14(15)16)17(21)19-11-5-6-12-19/h3-4,7-8,15,18H,2,5-6,9-13H2,1H3. The normalized spacial score (nSPS) is 21.5. The van der Waals surface area contributed by atoms with E-state index in [9.17, 15) is 4.79 Å². The highest BCUT2D eigenvalue weighted by Crippen LogP contribution is 2.34. The largest absolute Gasteiger partial charge is 0.324 e. The van der Waals surface area contributed by atoms with E-state index >= 15 is 0 Å². The van der Waals surface area contributed by atoms with Crippen LogP contribution in [-0.2, 0) is 0 Å². The summed E-state index contributed by atoms with van der Waals surface area (Å²) in [4.78, 5) is 16.7. The molecule has 1 atom stereocenters. The molecule has 0 bridgehead atoms. The third kappa shape index (κ3) is 2.91. The highest BCUT2D eigenvalue weighted by atomic mass is 16.2. The van der Waals surface area contributed by atoms with Gasteiger partial charge in [0.15, 0.2) is 0 Å². The fraction of sp³-hybridized carbons (Fsp3) is 0.588. The molecule has 21 heavy (non-hydrogen) atoms. The molecule has 2 aliphatic heterocycles. The van der Waals surface area contributed by atoms with Crippen LogP contribution in [0.5, 0.6) is 0 Å². The zero-order valence-corrected chi connectivity index (χ0v) is 12.8. The van der Waals surface area contributed by atoms with Gasteiger partial charge in [-0.15, -0.1) is 0 Å². The highest BCUT2D eigenvalue weighted by molar-refractivity contribution is 5.93. The summed E-state index contributed by atoms with van der Waals surface area (Å²) >= 11 is 0. The second-order valence-electron chi connectivity index (χ2n) is 5.98. The van der Waals surface area contributed by atoms with Crippen molar-refractivity contribution in [2.75, 3.05) is 31.1 Å². The Kier molecular flexibility index (Phi) is 4.44. The molecule has 0 spiro atoms. The monoisotopic (exact) mass is 287 g/mol. The maximum absolute atomic E-state index is 12.7. The summed E-state index contributed by atoms with van der Waals surface area (Å²) in [6.45, 7) is 5.85. The van der Waals surface area contributed by atoms with E-state index in [2.05, 4.69) is 30.4 Å². The maximum Gasteiger partial charge on any atom is 0.324 e. The summed E-state index contributed by atoms with van der Waals surface area (Å²) in [6.07, 6.45) is 4.41. The minimum absolute atomic E-state index is 0.189. The van der Waals surface area contributed by atoms with Gasteiger partial charge >= 0.3 is 6.03 Å². The van der Waals surface area contributed by atoms with Crippen molar-refractivity contribution in [2.45, 2.75) is 38.6 Å². The molecule has 1 unspecified atom stereocenters. The molecule has 4 nitrogen and oxygen atoms in total. The first-order chi connectivity index (χ1) is 10.3. The van der Waals surface area contributed by atoms with E-state index in [1.54, 1.807) is 0 Å². The quantitative estimate of drug-likeness (QED) is 0.927. The number of benzene rings is 1. The van der Waals surface area contributed by atoms with Crippen LogP contribution < -0.4 is 10.2 Å². The third-order valence-corrected chi connectivity index (χ3v) is 4.49. The summed E-state index contributed by atoms with van der Waals surface area (Å²) in [5.74, 6) is 0. The average Bonchev–Trinajstić information content (AvgIpc) is 3.06. The van der Waals surface area contributed by atoms with Crippen LogP contribution in [0, 0.1) is 0 Å². The molecule has 0 saturated carbocycles. The molecule has 2 heterocycles. The van der Waals surface area contributed by atoms with Crippen molar-refractivity contribution in [3.8, 4) is 0 Å².